The summed E-state index contributed by atoms with van der Waals surface area (Å²) in [6.45, 7) is 23.6. The minimum absolute atomic E-state index is 0.178. The van der Waals surface area contributed by atoms with Gasteiger partial charge in [0.2, 0.25) is 0 Å². The Morgan fingerprint density at radius 2 is 1.68 bits per heavy atom. The molecule has 0 amide bonds. The van der Waals surface area contributed by atoms with Crippen LogP contribution in [0.5, 0.6) is 0 Å². The van der Waals surface area contributed by atoms with Crippen molar-refractivity contribution in [1.82, 2.24) is 0 Å². The molecule has 1 nitrogen and oxygen atoms in total. The summed E-state index contributed by atoms with van der Waals surface area (Å²) in [4.78, 5) is 0. The zero-order valence-corrected chi connectivity index (χ0v) is 18.7. The highest BCUT2D eigenvalue weighted by atomic mass is 28.4. The lowest BCUT2D eigenvalue weighted by Gasteiger charge is -2.47. The van der Waals surface area contributed by atoms with E-state index in [0.717, 1.165) is 6.42 Å². The summed E-state index contributed by atoms with van der Waals surface area (Å²) in [7, 11) is -3.23. The largest absolute Gasteiger partial charge is 0.400 e. The first kappa shape index (κ1) is 20.0. The zero-order chi connectivity index (χ0) is 17.4. The molecular weight excluding hydrogens is 300 g/mol. The second-order valence-corrected chi connectivity index (χ2v) is 18.9. The van der Waals surface area contributed by atoms with E-state index in [1.54, 1.807) is 0 Å². The summed E-state index contributed by atoms with van der Waals surface area (Å²) < 4.78 is 7.01. The van der Waals surface area contributed by atoms with Crippen LogP contribution in [-0.4, -0.2) is 22.0 Å². The van der Waals surface area contributed by atoms with Crippen molar-refractivity contribution in [2.75, 3.05) is 0 Å². The minimum Gasteiger partial charge on any atom is -0.400 e. The van der Waals surface area contributed by atoms with Crippen LogP contribution in [-0.2, 0) is 4.43 Å². The van der Waals surface area contributed by atoms with E-state index in [2.05, 4.69) is 78.8 Å². The van der Waals surface area contributed by atoms with E-state index in [9.17, 15) is 0 Å². The first-order chi connectivity index (χ1) is 9.74. The maximum absolute atomic E-state index is 7.01. The summed E-state index contributed by atoms with van der Waals surface area (Å²) >= 11 is 0. The molecule has 3 heteroatoms. The molecule has 0 spiro atoms. The number of hydrogen-bond acceptors (Lipinski definition) is 1. The van der Waals surface area contributed by atoms with Crippen LogP contribution < -0.4 is 0 Å². The van der Waals surface area contributed by atoms with Crippen LogP contribution >= 0.6 is 0 Å². The molecule has 1 rings (SSSR count). The molecule has 2 atom stereocenters. The first-order valence-electron chi connectivity index (χ1n) is 8.98. The second kappa shape index (κ2) is 6.45. The van der Waals surface area contributed by atoms with Crippen molar-refractivity contribution < 1.29 is 4.43 Å². The molecule has 0 saturated heterocycles. The lowest BCUT2D eigenvalue weighted by Crippen LogP contribution is -2.53. The molecule has 0 aromatic carbocycles. The highest BCUT2D eigenvalue weighted by Crippen LogP contribution is 2.49. The topological polar surface area (TPSA) is 9.23 Å². The Morgan fingerprint density at radius 1 is 1.14 bits per heavy atom. The van der Waals surface area contributed by atoms with Crippen LogP contribution in [0.2, 0.25) is 37.8 Å². The van der Waals surface area contributed by atoms with Gasteiger partial charge in [0, 0.05) is 0 Å². The highest BCUT2D eigenvalue weighted by molar-refractivity contribution is 6.83. The molecule has 0 bridgehead atoms. The maximum Gasteiger partial charge on any atom is 0.194 e. The predicted octanol–water partition coefficient (Wildman–Crippen LogP) is 6.08. The van der Waals surface area contributed by atoms with Gasteiger partial charge in [-0.05, 0) is 49.2 Å². The Labute approximate surface area is 141 Å². The van der Waals surface area contributed by atoms with Gasteiger partial charge in [-0.2, -0.15) is 0 Å². The lowest BCUT2D eigenvalue weighted by atomic mass is 9.94. The standard InChI is InChI=1S/C19H38OSi2/c1-16(2)18(4,5)22(9,10)20-19(13-11-12-17(19)3)14-15-21(6,7)8/h16-17H,11-13H2,1-10H3/t17-,19+/m1/s1. The molecule has 1 aliphatic rings. The van der Waals surface area contributed by atoms with E-state index in [-0.39, 0.29) is 10.6 Å². The van der Waals surface area contributed by atoms with Crippen molar-refractivity contribution in [2.24, 2.45) is 11.8 Å². The fourth-order valence-electron chi connectivity index (χ4n) is 3.09. The van der Waals surface area contributed by atoms with Gasteiger partial charge in [0.15, 0.2) is 8.32 Å². The van der Waals surface area contributed by atoms with Crippen molar-refractivity contribution in [1.29, 1.82) is 0 Å². The zero-order valence-electron chi connectivity index (χ0n) is 16.7. The Hall–Kier alpha value is -0.0462. The fraction of sp³-hybridized carbons (Fsp3) is 0.895. The summed E-state index contributed by atoms with van der Waals surface area (Å²) in [5, 5.41) is 0.253. The Morgan fingerprint density at radius 3 is 2.05 bits per heavy atom. The van der Waals surface area contributed by atoms with Crippen molar-refractivity contribution in [3.8, 4) is 11.5 Å². The van der Waals surface area contributed by atoms with Gasteiger partial charge >= 0.3 is 0 Å². The Bertz CT molecular complexity index is 448. The summed E-state index contributed by atoms with van der Waals surface area (Å²) in [5.41, 5.74) is 3.45. The molecule has 0 heterocycles. The Balaban J connectivity index is 3.18. The molecule has 1 saturated carbocycles. The smallest absolute Gasteiger partial charge is 0.194 e. The average Bonchev–Trinajstić information content (AvgIpc) is 2.67. The van der Waals surface area contributed by atoms with Crippen molar-refractivity contribution in [3.05, 3.63) is 0 Å². The maximum atomic E-state index is 7.01. The minimum atomic E-state index is -1.86. The normalized spacial score (nSPS) is 27.0. The monoisotopic (exact) mass is 338 g/mol. The van der Waals surface area contributed by atoms with Crippen molar-refractivity contribution in [3.63, 3.8) is 0 Å². The van der Waals surface area contributed by atoms with Gasteiger partial charge in [-0.1, -0.05) is 60.2 Å². The summed E-state index contributed by atoms with van der Waals surface area (Å²) in [6, 6.07) is 0. The first-order valence-corrected chi connectivity index (χ1v) is 15.4. The molecular formula is C19H38OSi2. The van der Waals surface area contributed by atoms with Crippen LogP contribution in [0, 0.1) is 23.3 Å². The molecule has 0 unspecified atom stereocenters. The molecule has 1 fully saturated rings. The molecule has 0 radical (unpaired) electrons. The van der Waals surface area contributed by atoms with Gasteiger partial charge in [-0.25, -0.2) is 0 Å². The number of hydrogen-bond donors (Lipinski definition) is 0. The SMILES string of the molecule is CC(C)C(C)(C)[Si](C)(C)O[C@]1(C#C[Si](C)(C)C)CCC[C@H]1C. The van der Waals surface area contributed by atoms with Crippen LogP contribution in [0.25, 0.3) is 0 Å². The number of rotatable bonds is 4. The van der Waals surface area contributed by atoms with Gasteiger partial charge in [0.1, 0.15) is 13.7 Å². The second-order valence-electron chi connectivity index (χ2n) is 9.67. The van der Waals surface area contributed by atoms with E-state index in [4.69, 9.17) is 4.43 Å². The molecule has 0 aromatic rings. The molecule has 128 valence electrons. The van der Waals surface area contributed by atoms with Crippen LogP contribution in [0.3, 0.4) is 0 Å². The van der Waals surface area contributed by atoms with Crippen LogP contribution in [0.15, 0.2) is 0 Å². The van der Waals surface area contributed by atoms with Gasteiger partial charge in [-0.3, -0.25) is 0 Å². The molecule has 0 aliphatic heterocycles. The van der Waals surface area contributed by atoms with Crippen molar-refractivity contribution >= 4 is 16.4 Å². The highest BCUT2D eigenvalue weighted by Gasteiger charge is 2.51. The quantitative estimate of drug-likeness (QED) is 0.445. The lowest BCUT2D eigenvalue weighted by molar-refractivity contribution is 0.0758. The van der Waals surface area contributed by atoms with E-state index >= 15 is 0 Å². The third-order valence-electron chi connectivity index (χ3n) is 6.06. The van der Waals surface area contributed by atoms with E-state index < -0.39 is 16.4 Å². The van der Waals surface area contributed by atoms with Gasteiger partial charge in [0.25, 0.3) is 0 Å². The van der Waals surface area contributed by atoms with Gasteiger partial charge < -0.3 is 4.43 Å². The summed E-state index contributed by atoms with van der Waals surface area (Å²) in [6.07, 6.45) is 3.64. The van der Waals surface area contributed by atoms with E-state index in [1.165, 1.54) is 12.8 Å². The van der Waals surface area contributed by atoms with E-state index in [0.29, 0.717) is 11.8 Å². The predicted molar refractivity (Wildman–Crippen MR) is 104 cm³/mol. The average molecular weight is 339 g/mol. The third-order valence-corrected chi connectivity index (χ3v) is 11.5. The van der Waals surface area contributed by atoms with Gasteiger partial charge in [-0.15, -0.1) is 5.54 Å². The summed E-state index contributed by atoms with van der Waals surface area (Å²) in [5.74, 6) is 4.87. The molecule has 0 aromatic heterocycles. The van der Waals surface area contributed by atoms with Gasteiger partial charge in [0.05, 0.1) is 0 Å². The van der Waals surface area contributed by atoms with E-state index in [1.807, 2.05) is 0 Å². The fourth-order valence-corrected chi connectivity index (χ4v) is 6.59. The Kier molecular flexibility index (Phi) is 5.87. The molecule has 1 aliphatic carbocycles. The van der Waals surface area contributed by atoms with Crippen LogP contribution in [0.4, 0.5) is 0 Å². The van der Waals surface area contributed by atoms with Crippen molar-refractivity contribution in [2.45, 2.75) is 97.3 Å². The van der Waals surface area contributed by atoms with Crippen LogP contribution in [0.1, 0.15) is 53.9 Å². The molecule has 0 N–H and O–H groups in total. The third kappa shape index (κ3) is 4.27. The molecule has 22 heavy (non-hydrogen) atoms.